The van der Waals surface area contributed by atoms with Crippen molar-refractivity contribution in [1.29, 1.82) is 0 Å². The molecule has 1 aromatic heterocycles. The molecule has 0 atom stereocenters. The van der Waals surface area contributed by atoms with Crippen LogP contribution in [0.5, 0.6) is 0 Å². The number of rotatable bonds is 3. The molecule has 0 aliphatic carbocycles. The highest BCUT2D eigenvalue weighted by molar-refractivity contribution is 8.14. The van der Waals surface area contributed by atoms with Crippen LogP contribution < -0.4 is 0 Å². The summed E-state index contributed by atoms with van der Waals surface area (Å²) in [6.45, 7) is 1.94. The fourth-order valence-corrected chi connectivity index (χ4v) is 2.24. The first-order valence-corrected chi connectivity index (χ1v) is 6.65. The van der Waals surface area contributed by atoms with E-state index in [0.717, 1.165) is 10.6 Å². The van der Waals surface area contributed by atoms with E-state index in [9.17, 15) is 4.79 Å². The third-order valence-corrected chi connectivity index (χ3v) is 3.24. The van der Waals surface area contributed by atoms with E-state index >= 15 is 0 Å². The Bertz CT molecular complexity index is 344. The number of carbonyl (C=O) groups excluding carboxylic acids is 1. The molecule has 14 heavy (non-hydrogen) atoms. The summed E-state index contributed by atoms with van der Waals surface area (Å²) in [7, 11) is 0. The van der Waals surface area contributed by atoms with E-state index in [2.05, 4.69) is 4.98 Å². The fourth-order valence-electron chi connectivity index (χ4n) is 0.933. The molecule has 1 rings (SSSR count). The molecule has 76 valence electrons. The minimum Gasteiger partial charge on any atom is -0.280 e. The minimum atomic E-state index is -0.0145. The third-order valence-electron chi connectivity index (χ3n) is 1.51. The number of hydrogen-bond acceptors (Lipinski definition) is 4. The average Bonchev–Trinajstić information content (AvgIpc) is 2.18. The first-order chi connectivity index (χ1) is 6.69. The summed E-state index contributed by atoms with van der Waals surface area (Å²) in [6, 6.07) is 3.52. The molecule has 0 amide bonds. The second kappa shape index (κ2) is 5.63. The summed E-state index contributed by atoms with van der Waals surface area (Å²) in [4.78, 5) is 16.5. The van der Waals surface area contributed by atoms with Crippen LogP contribution in [0.2, 0.25) is 5.15 Å². The number of nitrogens with zero attached hydrogens (tertiary/aromatic N) is 1. The third kappa shape index (κ3) is 2.90. The van der Waals surface area contributed by atoms with Gasteiger partial charge in [-0.15, -0.1) is 11.8 Å². The van der Waals surface area contributed by atoms with Gasteiger partial charge >= 0.3 is 0 Å². The maximum Gasteiger partial charge on any atom is 0.238 e. The minimum absolute atomic E-state index is 0.0145. The van der Waals surface area contributed by atoms with Crippen molar-refractivity contribution in [3.8, 4) is 0 Å². The van der Waals surface area contributed by atoms with Crippen molar-refractivity contribution < 1.29 is 4.79 Å². The van der Waals surface area contributed by atoms with Gasteiger partial charge in [-0.05, 0) is 24.1 Å². The first-order valence-electron chi connectivity index (χ1n) is 4.06. The molecule has 0 fully saturated rings. The van der Waals surface area contributed by atoms with Crippen LogP contribution in [0.15, 0.2) is 17.0 Å². The van der Waals surface area contributed by atoms with Crippen molar-refractivity contribution >= 4 is 40.2 Å². The molecule has 0 aliphatic rings. The number of aromatic nitrogens is 1. The first kappa shape index (κ1) is 11.9. The van der Waals surface area contributed by atoms with Crippen LogP contribution in [0, 0.1) is 0 Å². The second-order valence-corrected chi connectivity index (χ2v) is 4.88. The molecule has 0 N–H and O–H groups in total. The summed E-state index contributed by atoms with van der Waals surface area (Å²) in [5, 5.41) is 0.349. The van der Waals surface area contributed by atoms with Gasteiger partial charge in [-0.25, -0.2) is 4.98 Å². The Kier molecular flexibility index (Phi) is 4.78. The smallest absolute Gasteiger partial charge is 0.238 e. The maximum atomic E-state index is 11.6. The summed E-state index contributed by atoms with van der Waals surface area (Å²) in [6.07, 6.45) is 1.91. The van der Waals surface area contributed by atoms with Gasteiger partial charge in [-0.2, -0.15) is 0 Å². The summed E-state index contributed by atoms with van der Waals surface area (Å²) < 4.78 is 0. The van der Waals surface area contributed by atoms with Crippen LogP contribution in [0.3, 0.4) is 0 Å². The maximum absolute atomic E-state index is 11.6. The van der Waals surface area contributed by atoms with Gasteiger partial charge in [0.05, 0.1) is 0 Å². The van der Waals surface area contributed by atoms with Crippen LogP contribution in [0.1, 0.15) is 17.4 Å². The summed E-state index contributed by atoms with van der Waals surface area (Å²) >= 11 is 8.49. The number of halogens is 1. The zero-order valence-electron chi connectivity index (χ0n) is 7.91. The quantitative estimate of drug-likeness (QED) is 0.605. The van der Waals surface area contributed by atoms with Crippen LogP contribution in [0.4, 0.5) is 0 Å². The predicted molar refractivity (Wildman–Crippen MR) is 63.5 cm³/mol. The highest BCUT2D eigenvalue weighted by Gasteiger charge is 2.13. The molecule has 2 nitrogen and oxygen atoms in total. The number of hydrogen-bond donors (Lipinski definition) is 0. The largest absolute Gasteiger partial charge is 0.280 e. The number of pyridine rings is 1. The molecule has 0 aliphatic heterocycles. The summed E-state index contributed by atoms with van der Waals surface area (Å²) in [5.74, 6) is 0.751. The molecule has 1 aromatic rings. The Labute approximate surface area is 96.8 Å². The zero-order valence-corrected chi connectivity index (χ0v) is 10.3. The Hall–Kier alpha value is -0.190. The standard InChI is InChI=1S/C9H10ClNOS2/c1-3-14-9(12)8-6(13-2)4-5-7(10)11-8/h4-5H,3H2,1-2H3. The van der Waals surface area contributed by atoms with Crippen molar-refractivity contribution in [2.24, 2.45) is 0 Å². The van der Waals surface area contributed by atoms with Crippen molar-refractivity contribution in [2.75, 3.05) is 12.0 Å². The van der Waals surface area contributed by atoms with E-state index in [1.807, 2.05) is 19.2 Å². The molecule has 5 heteroatoms. The van der Waals surface area contributed by atoms with E-state index in [1.165, 1.54) is 23.5 Å². The van der Waals surface area contributed by atoms with E-state index in [-0.39, 0.29) is 5.12 Å². The van der Waals surface area contributed by atoms with Gasteiger partial charge in [-0.3, -0.25) is 4.79 Å². The van der Waals surface area contributed by atoms with Crippen LogP contribution in [0.25, 0.3) is 0 Å². The Morgan fingerprint density at radius 3 is 2.86 bits per heavy atom. The van der Waals surface area contributed by atoms with Gasteiger partial charge in [0.2, 0.25) is 5.12 Å². The van der Waals surface area contributed by atoms with Crippen LogP contribution in [-0.4, -0.2) is 22.1 Å². The highest BCUT2D eigenvalue weighted by atomic mass is 35.5. The molecule has 0 spiro atoms. The van der Waals surface area contributed by atoms with E-state index in [1.54, 1.807) is 6.07 Å². The second-order valence-electron chi connectivity index (χ2n) is 2.41. The molecule has 0 bridgehead atoms. The van der Waals surface area contributed by atoms with Gasteiger partial charge in [0, 0.05) is 4.90 Å². The molecule has 0 unspecified atom stereocenters. The highest BCUT2D eigenvalue weighted by Crippen LogP contribution is 2.24. The van der Waals surface area contributed by atoms with Gasteiger partial charge in [0.1, 0.15) is 10.8 Å². The Morgan fingerprint density at radius 2 is 2.29 bits per heavy atom. The molecule has 0 saturated carbocycles. The summed E-state index contributed by atoms with van der Waals surface area (Å²) in [5.41, 5.74) is 0.469. The number of carbonyl (C=O) groups is 1. The molecule has 0 saturated heterocycles. The van der Waals surface area contributed by atoms with Gasteiger partial charge < -0.3 is 0 Å². The van der Waals surface area contributed by atoms with Crippen LogP contribution >= 0.6 is 35.1 Å². The van der Waals surface area contributed by atoms with E-state index in [4.69, 9.17) is 11.6 Å². The van der Waals surface area contributed by atoms with Crippen LogP contribution in [-0.2, 0) is 0 Å². The Morgan fingerprint density at radius 1 is 1.57 bits per heavy atom. The van der Waals surface area contributed by atoms with Gasteiger partial charge in [0.15, 0.2) is 0 Å². The fraction of sp³-hybridized carbons (Fsp3) is 0.333. The number of thioether (sulfide) groups is 2. The lowest BCUT2D eigenvalue weighted by molar-refractivity contribution is 0.108. The lowest BCUT2D eigenvalue weighted by Crippen LogP contribution is -2.00. The normalized spacial score (nSPS) is 10.2. The SMILES string of the molecule is CCSC(=O)c1nc(Cl)ccc1SC. The lowest BCUT2D eigenvalue weighted by Gasteiger charge is -2.04. The van der Waals surface area contributed by atoms with Crippen molar-refractivity contribution in [2.45, 2.75) is 11.8 Å². The molecular formula is C9H10ClNOS2. The monoisotopic (exact) mass is 247 g/mol. The van der Waals surface area contributed by atoms with E-state index < -0.39 is 0 Å². The molecule has 1 heterocycles. The van der Waals surface area contributed by atoms with E-state index in [0.29, 0.717) is 10.8 Å². The predicted octanol–water partition coefficient (Wildman–Crippen LogP) is 3.35. The topological polar surface area (TPSA) is 30.0 Å². The average molecular weight is 248 g/mol. The Balaban J connectivity index is 3.03. The van der Waals surface area contributed by atoms with Crippen molar-refractivity contribution in [1.82, 2.24) is 4.98 Å². The van der Waals surface area contributed by atoms with Gasteiger partial charge in [0.25, 0.3) is 0 Å². The van der Waals surface area contributed by atoms with Gasteiger partial charge in [-0.1, -0.05) is 30.3 Å². The molecule has 0 radical (unpaired) electrons. The van der Waals surface area contributed by atoms with Crippen molar-refractivity contribution in [3.63, 3.8) is 0 Å². The lowest BCUT2D eigenvalue weighted by atomic mass is 10.4. The molecular weight excluding hydrogens is 238 g/mol. The van der Waals surface area contributed by atoms with Crippen molar-refractivity contribution in [3.05, 3.63) is 23.0 Å². The molecule has 0 aromatic carbocycles. The zero-order chi connectivity index (χ0) is 10.6.